The summed E-state index contributed by atoms with van der Waals surface area (Å²) in [6.45, 7) is 4.77. The van der Waals surface area contributed by atoms with Gasteiger partial charge in [0.1, 0.15) is 12.4 Å². The summed E-state index contributed by atoms with van der Waals surface area (Å²) in [7, 11) is 0. The number of hydrogen-bond donors (Lipinski definition) is 1. The van der Waals surface area contributed by atoms with E-state index < -0.39 is 0 Å². The minimum atomic E-state index is -0.315. The van der Waals surface area contributed by atoms with Gasteiger partial charge in [0, 0.05) is 6.04 Å². The van der Waals surface area contributed by atoms with E-state index in [1.807, 2.05) is 24.7 Å². The Balaban J connectivity index is 1.72. The summed E-state index contributed by atoms with van der Waals surface area (Å²) in [4.78, 5) is 4.19. The number of imidazole rings is 1. The van der Waals surface area contributed by atoms with Gasteiger partial charge in [-0.1, -0.05) is 6.07 Å². The molecule has 0 fully saturated rings. The van der Waals surface area contributed by atoms with Crippen molar-refractivity contribution in [2.45, 2.75) is 51.9 Å². The molecule has 0 saturated heterocycles. The molecule has 1 unspecified atom stereocenters. The van der Waals surface area contributed by atoms with Crippen molar-refractivity contribution in [1.29, 1.82) is 0 Å². The lowest BCUT2D eigenvalue weighted by molar-refractivity contribution is 0.156. The molecule has 0 radical (unpaired) electrons. The molecule has 112 valence electrons. The van der Waals surface area contributed by atoms with E-state index in [-0.39, 0.29) is 6.10 Å². The Hall–Kier alpha value is -1.81. The van der Waals surface area contributed by atoms with Gasteiger partial charge < -0.3 is 14.4 Å². The largest absolute Gasteiger partial charge is 0.487 e. The Morgan fingerprint density at radius 2 is 2.29 bits per heavy atom. The van der Waals surface area contributed by atoms with Gasteiger partial charge >= 0.3 is 0 Å². The summed E-state index contributed by atoms with van der Waals surface area (Å²) < 4.78 is 8.01. The average molecular weight is 286 g/mol. The van der Waals surface area contributed by atoms with Gasteiger partial charge in [0.15, 0.2) is 0 Å². The molecule has 4 nitrogen and oxygen atoms in total. The molecule has 1 N–H and O–H groups in total. The summed E-state index contributed by atoms with van der Waals surface area (Å²) in [5.74, 6) is 0.861. The number of ether oxygens (including phenoxy) is 1. The van der Waals surface area contributed by atoms with E-state index in [4.69, 9.17) is 4.74 Å². The first kappa shape index (κ1) is 14.1. The predicted molar refractivity (Wildman–Crippen MR) is 81.3 cm³/mol. The van der Waals surface area contributed by atoms with Crippen LogP contribution in [0.5, 0.6) is 5.75 Å². The molecule has 0 aliphatic heterocycles. The van der Waals surface area contributed by atoms with E-state index in [1.165, 1.54) is 5.56 Å². The quantitative estimate of drug-likeness (QED) is 0.937. The van der Waals surface area contributed by atoms with Crippen molar-refractivity contribution in [3.63, 3.8) is 0 Å². The lowest BCUT2D eigenvalue weighted by Gasteiger charge is -2.22. The first-order chi connectivity index (χ1) is 10.1. The highest BCUT2D eigenvalue weighted by Crippen LogP contribution is 2.32. The van der Waals surface area contributed by atoms with Gasteiger partial charge in [0.05, 0.1) is 24.3 Å². The maximum atomic E-state index is 9.98. The molecule has 1 heterocycles. The standard InChI is InChI=1S/C17H22N2O2/c1-12(2)19-11-18-9-14(19)10-21-15-6-7-16-13(8-15)4-3-5-17(16)20/h6-9,11-12,17,20H,3-5,10H2,1-2H3. The maximum absolute atomic E-state index is 9.98. The number of nitrogens with zero attached hydrogens (tertiary/aromatic N) is 2. The number of aliphatic hydroxyl groups is 1. The smallest absolute Gasteiger partial charge is 0.130 e. The Bertz CT molecular complexity index is 619. The average Bonchev–Trinajstić information content (AvgIpc) is 2.94. The number of benzene rings is 1. The van der Waals surface area contributed by atoms with Gasteiger partial charge in [0.2, 0.25) is 0 Å². The van der Waals surface area contributed by atoms with E-state index in [0.29, 0.717) is 12.6 Å². The molecular weight excluding hydrogens is 264 g/mol. The van der Waals surface area contributed by atoms with Crippen molar-refractivity contribution in [2.24, 2.45) is 0 Å². The van der Waals surface area contributed by atoms with Gasteiger partial charge in [-0.15, -0.1) is 0 Å². The van der Waals surface area contributed by atoms with Crippen molar-refractivity contribution in [1.82, 2.24) is 9.55 Å². The van der Waals surface area contributed by atoms with Crippen molar-refractivity contribution in [3.05, 3.63) is 47.5 Å². The second kappa shape index (κ2) is 5.90. The zero-order chi connectivity index (χ0) is 14.8. The molecule has 2 aromatic rings. The highest BCUT2D eigenvalue weighted by molar-refractivity contribution is 5.38. The first-order valence-electron chi connectivity index (χ1n) is 7.59. The van der Waals surface area contributed by atoms with E-state index in [1.54, 1.807) is 0 Å². The van der Waals surface area contributed by atoms with Crippen LogP contribution in [0.2, 0.25) is 0 Å². The van der Waals surface area contributed by atoms with Gasteiger partial charge in [0.25, 0.3) is 0 Å². The number of aryl methyl sites for hydroxylation is 1. The summed E-state index contributed by atoms with van der Waals surface area (Å²) in [5, 5.41) is 9.98. The fourth-order valence-electron chi connectivity index (χ4n) is 2.92. The van der Waals surface area contributed by atoms with Crippen LogP contribution in [0.25, 0.3) is 0 Å². The van der Waals surface area contributed by atoms with E-state index in [0.717, 1.165) is 36.3 Å². The third-order valence-electron chi connectivity index (χ3n) is 4.09. The molecule has 0 saturated carbocycles. The fourth-order valence-corrected chi connectivity index (χ4v) is 2.92. The second-order valence-electron chi connectivity index (χ2n) is 5.94. The van der Waals surface area contributed by atoms with Crippen LogP contribution in [0.4, 0.5) is 0 Å². The molecule has 0 bridgehead atoms. The lowest BCUT2D eigenvalue weighted by atomic mass is 9.89. The van der Waals surface area contributed by atoms with Gasteiger partial charge in [-0.05, 0) is 56.4 Å². The monoisotopic (exact) mass is 286 g/mol. The summed E-state index contributed by atoms with van der Waals surface area (Å²) in [6, 6.07) is 6.38. The molecular formula is C17H22N2O2. The van der Waals surface area contributed by atoms with Crippen LogP contribution in [0.1, 0.15) is 55.7 Å². The van der Waals surface area contributed by atoms with Crippen LogP contribution < -0.4 is 4.74 Å². The Labute approximate surface area is 125 Å². The van der Waals surface area contributed by atoms with Crippen LogP contribution in [0.15, 0.2) is 30.7 Å². The van der Waals surface area contributed by atoms with Gasteiger partial charge in [-0.25, -0.2) is 4.98 Å². The van der Waals surface area contributed by atoms with Crippen LogP contribution in [0.3, 0.4) is 0 Å². The fraction of sp³-hybridized carbons (Fsp3) is 0.471. The molecule has 1 aromatic carbocycles. The topological polar surface area (TPSA) is 47.3 Å². The lowest BCUT2D eigenvalue weighted by Crippen LogP contribution is -2.10. The van der Waals surface area contributed by atoms with Gasteiger partial charge in [-0.3, -0.25) is 0 Å². The Morgan fingerprint density at radius 1 is 1.43 bits per heavy atom. The number of rotatable bonds is 4. The third kappa shape index (κ3) is 2.95. The van der Waals surface area contributed by atoms with Crippen LogP contribution in [-0.4, -0.2) is 14.7 Å². The predicted octanol–water partition coefficient (Wildman–Crippen LogP) is 3.41. The summed E-state index contributed by atoms with van der Waals surface area (Å²) in [5.41, 5.74) is 3.34. The normalized spacial score (nSPS) is 17.8. The number of hydrogen-bond acceptors (Lipinski definition) is 3. The zero-order valence-electron chi connectivity index (χ0n) is 12.6. The Morgan fingerprint density at radius 3 is 3.10 bits per heavy atom. The summed E-state index contributed by atoms with van der Waals surface area (Å²) in [6.07, 6.45) is 6.30. The van der Waals surface area contributed by atoms with Crippen LogP contribution >= 0.6 is 0 Å². The second-order valence-corrected chi connectivity index (χ2v) is 5.94. The van der Waals surface area contributed by atoms with Crippen molar-refractivity contribution < 1.29 is 9.84 Å². The molecule has 4 heteroatoms. The molecule has 1 atom stereocenters. The number of fused-ring (bicyclic) bond motifs is 1. The molecule has 1 aromatic heterocycles. The van der Waals surface area contributed by atoms with Gasteiger partial charge in [-0.2, -0.15) is 0 Å². The zero-order valence-corrected chi connectivity index (χ0v) is 12.6. The minimum absolute atomic E-state index is 0.315. The maximum Gasteiger partial charge on any atom is 0.130 e. The molecule has 3 rings (SSSR count). The van der Waals surface area contributed by atoms with Crippen LogP contribution in [-0.2, 0) is 13.0 Å². The van der Waals surface area contributed by atoms with E-state index in [2.05, 4.69) is 29.5 Å². The molecule has 21 heavy (non-hydrogen) atoms. The summed E-state index contributed by atoms with van der Waals surface area (Å²) >= 11 is 0. The Kier molecular flexibility index (Phi) is 3.97. The van der Waals surface area contributed by atoms with E-state index >= 15 is 0 Å². The van der Waals surface area contributed by atoms with E-state index in [9.17, 15) is 5.11 Å². The minimum Gasteiger partial charge on any atom is -0.487 e. The number of aliphatic hydroxyl groups excluding tert-OH is 1. The molecule has 1 aliphatic carbocycles. The highest BCUT2D eigenvalue weighted by Gasteiger charge is 2.18. The van der Waals surface area contributed by atoms with Crippen LogP contribution in [0, 0.1) is 0 Å². The molecule has 0 spiro atoms. The molecule has 0 amide bonds. The number of aromatic nitrogens is 2. The van der Waals surface area contributed by atoms with Crippen molar-refractivity contribution >= 4 is 0 Å². The SMILES string of the molecule is CC(C)n1cncc1COc1ccc2c(c1)CCCC2O. The third-order valence-corrected chi connectivity index (χ3v) is 4.09. The highest BCUT2D eigenvalue weighted by atomic mass is 16.5. The van der Waals surface area contributed by atoms with Crippen molar-refractivity contribution in [3.8, 4) is 5.75 Å². The first-order valence-corrected chi connectivity index (χ1v) is 7.59. The van der Waals surface area contributed by atoms with Crippen molar-refractivity contribution in [2.75, 3.05) is 0 Å². The molecule has 1 aliphatic rings.